The Bertz CT molecular complexity index is 810. The van der Waals surface area contributed by atoms with Gasteiger partial charge in [-0.15, -0.1) is 0 Å². The molecule has 2 aromatic carbocycles. The van der Waals surface area contributed by atoms with Crippen molar-refractivity contribution in [3.8, 4) is 0 Å². The molecule has 1 amide bonds. The van der Waals surface area contributed by atoms with E-state index in [9.17, 15) is 17.6 Å². The number of benzene rings is 2. The van der Waals surface area contributed by atoms with Crippen molar-refractivity contribution in [2.45, 2.75) is 0 Å². The topological polar surface area (TPSA) is 66.5 Å². The zero-order valence-corrected chi connectivity index (χ0v) is 13.7. The largest absolute Gasteiger partial charge is 0.325 e. The van der Waals surface area contributed by atoms with Crippen LogP contribution in [0.15, 0.2) is 48.5 Å². The van der Waals surface area contributed by atoms with Crippen molar-refractivity contribution in [3.05, 3.63) is 59.4 Å². The van der Waals surface area contributed by atoms with Crippen LogP contribution in [0, 0.1) is 5.82 Å². The van der Waals surface area contributed by atoms with Crippen molar-refractivity contribution < 1.29 is 17.6 Å². The van der Waals surface area contributed by atoms with Crippen molar-refractivity contribution in [2.24, 2.45) is 0 Å². The van der Waals surface area contributed by atoms with Crippen molar-refractivity contribution in [1.82, 2.24) is 0 Å². The molecule has 2 aromatic rings. The molecule has 2 rings (SSSR count). The van der Waals surface area contributed by atoms with Crippen LogP contribution in [0.2, 0.25) is 5.02 Å². The van der Waals surface area contributed by atoms with Crippen molar-refractivity contribution in [1.29, 1.82) is 0 Å². The summed E-state index contributed by atoms with van der Waals surface area (Å²) in [6, 6.07) is 11.5. The van der Waals surface area contributed by atoms with Gasteiger partial charge in [-0.1, -0.05) is 23.7 Å². The van der Waals surface area contributed by atoms with Gasteiger partial charge < -0.3 is 5.32 Å². The first-order valence-electron chi connectivity index (χ1n) is 6.55. The number of hydrogen-bond donors (Lipinski definition) is 1. The summed E-state index contributed by atoms with van der Waals surface area (Å²) in [5, 5.41) is 2.72. The Morgan fingerprint density at radius 3 is 2.35 bits per heavy atom. The SMILES string of the molecule is CS(=O)(=O)N(CC(=O)Nc1ccc(F)cc1)c1ccccc1Cl. The Morgan fingerprint density at radius 1 is 1.17 bits per heavy atom. The molecule has 0 radical (unpaired) electrons. The van der Waals surface area contributed by atoms with Gasteiger partial charge in [-0.2, -0.15) is 0 Å². The lowest BCUT2D eigenvalue weighted by atomic mass is 10.3. The van der Waals surface area contributed by atoms with E-state index in [0.717, 1.165) is 10.6 Å². The summed E-state index contributed by atoms with van der Waals surface area (Å²) in [5.74, 6) is -1.00. The first kappa shape index (κ1) is 17.2. The summed E-state index contributed by atoms with van der Waals surface area (Å²) in [6.45, 7) is -0.445. The third kappa shape index (κ3) is 4.67. The van der Waals surface area contributed by atoms with Crippen LogP contribution >= 0.6 is 11.6 Å². The molecule has 0 fully saturated rings. The van der Waals surface area contributed by atoms with E-state index >= 15 is 0 Å². The monoisotopic (exact) mass is 356 g/mol. The van der Waals surface area contributed by atoms with Crippen LogP contribution in [0.25, 0.3) is 0 Å². The second-order valence-electron chi connectivity index (χ2n) is 4.78. The number of nitrogens with zero attached hydrogens (tertiary/aromatic N) is 1. The van der Waals surface area contributed by atoms with Crippen LogP contribution in [-0.2, 0) is 14.8 Å². The highest BCUT2D eigenvalue weighted by Gasteiger charge is 2.22. The predicted molar refractivity (Wildman–Crippen MR) is 88.7 cm³/mol. The van der Waals surface area contributed by atoms with E-state index in [0.29, 0.717) is 5.69 Å². The fourth-order valence-corrected chi connectivity index (χ4v) is 3.06. The molecule has 0 saturated heterocycles. The zero-order chi connectivity index (χ0) is 17.0. The molecule has 0 bridgehead atoms. The lowest BCUT2D eigenvalue weighted by Gasteiger charge is -2.22. The number of carbonyl (C=O) groups excluding carboxylic acids is 1. The molecule has 0 aliphatic rings. The maximum Gasteiger partial charge on any atom is 0.245 e. The average Bonchev–Trinajstić information content (AvgIpc) is 2.47. The van der Waals surface area contributed by atoms with Gasteiger partial charge in [0.1, 0.15) is 12.4 Å². The standard InChI is InChI=1S/C15H14ClFN2O3S/c1-23(21,22)19(14-5-3-2-4-13(14)16)10-15(20)18-12-8-6-11(17)7-9-12/h2-9H,10H2,1H3,(H,18,20). The number of amides is 1. The summed E-state index contributed by atoms with van der Waals surface area (Å²) < 4.78 is 37.7. The number of sulfonamides is 1. The number of rotatable bonds is 5. The molecule has 1 N–H and O–H groups in total. The van der Waals surface area contributed by atoms with Gasteiger partial charge in [-0.05, 0) is 36.4 Å². The van der Waals surface area contributed by atoms with Gasteiger partial charge in [-0.3, -0.25) is 9.10 Å². The third-order valence-electron chi connectivity index (χ3n) is 2.94. The van der Waals surface area contributed by atoms with Crippen molar-refractivity contribution in [2.75, 3.05) is 22.4 Å². The first-order valence-corrected chi connectivity index (χ1v) is 8.77. The van der Waals surface area contributed by atoms with E-state index in [1.165, 1.54) is 36.4 Å². The number of para-hydroxylation sites is 1. The Morgan fingerprint density at radius 2 is 1.78 bits per heavy atom. The minimum absolute atomic E-state index is 0.214. The molecule has 0 aliphatic heterocycles. The lowest BCUT2D eigenvalue weighted by Crippen LogP contribution is -2.37. The molecule has 122 valence electrons. The summed E-state index contributed by atoms with van der Waals surface area (Å²) in [6.07, 6.45) is 0.988. The number of carbonyl (C=O) groups is 1. The number of nitrogens with one attached hydrogen (secondary N) is 1. The van der Waals surface area contributed by atoms with Crippen LogP contribution in [0.1, 0.15) is 0 Å². The average molecular weight is 357 g/mol. The van der Waals surface area contributed by atoms with Gasteiger partial charge in [0.05, 0.1) is 17.0 Å². The number of anilines is 2. The van der Waals surface area contributed by atoms with Crippen LogP contribution in [0.4, 0.5) is 15.8 Å². The Balaban J connectivity index is 2.20. The fourth-order valence-electron chi connectivity index (χ4n) is 1.90. The van der Waals surface area contributed by atoms with E-state index < -0.39 is 28.3 Å². The molecular weight excluding hydrogens is 343 g/mol. The van der Waals surface area contributed by atoms with Crippen molar-refractivity contribution in [3.63, 3.8) is 0 Å². The van der Waals surface area contributed by atoms with Gasteiger partial charge in [0, 0.05) is 5.69 Å². The molecule has 0 spiro atoms. The zero-order valence-electron chi connectivity index (χ0n) is 12.2. The molecule has 8 heteroatoms. The lowest BCUT2D eigenvalue weighted by molar-refractivity contribution is -0.114. The highest BCUT2D eigenvalue weighted by atomic mass is 35.5. The van der Waals surface area contributed by atoms with E-state index in [4.69, 9.17) is 11.6 Å². The van der Waals surface area contributed by atoms with E-state index in [2.05, 4.69) is 5.32 Å². The molecular formula is C15H14ClFN2O3S. The third-order valence-corrected chi connectivity index (χ3v) is 4.38. The van der Waals surface area contributed by atoms with Crippen LogP contribution < -0.4 is 9.62 Å². The van der Waals surface area contributed by atoms with Crippen molar-refractivity contribution >= 4 is 38.9 Å². The Hall–Kier alpha value is -2.12. The van der Waals surface area contributed by atoms with Gasteiger partial charge in [-0.25, -0.2) is 12.8 Å². The molecule has 5 nitrogen and oxygen atoms in total. The summed E-state index contributed by atoms with van der Waals surface area (Å²) >= 11 is 6.01. The summed E-state index contributed by atoms with van der Waals surface area (Å²) in [7, 11) is -3.71. The van der Waals surface area contributed by atoms with Crippen LogP contribution in [0.5, 0.6) is 0 Å². The normalized spacial score (nSPS) is 11.1. The second kappa shape index (κ2) is 6.97. The van der Waals surface area contributed by atoms with E-state index in [1.807, 2.05) is 0 Å². The number of hydrogen-bond acceptors (Lipinski definition) is 3. The highest BCUT2D eigenvalue weighted by Crippen LogP contribution is 2.27. The quantitative estimate of drug-likeness (QED) is 0.895. The van der Waals surface area contributed by atoms with Gasteiger partial charge in [0.15, 0.2) is 0 Å². The van der Waals surface area contributed by atoms with Gasteiger partial charge >= 0.3 is 0 Å². The summed E-state index contributed by atoms with van der Waals surface area (Å²) in [5.41, 5.74) is 0.579. The Kier molecular flexibility index (Phi) is 5.23. The maximum absolute atomic E-state index is 12.8. The highest BCUT2D eigenvalue weighted by molar-refractivity contribution is 7.92. The smallest absolute Gasteiger partial charge is 0.245 e. The second-order valence-corrected chi connectivity index (χ2v) is 7.09. The predicted octanol–water partition coefficient (Wildman–Crippen LogP) is 2.88. The minimum atomic E-state index is -3.71. The molecule has 23 heavy (non-hydrogen) atoms. The first-order chi connectivity index (χ1) is 10.8. The molecule has 0 atom stereocenters. The fraction of sp³-hybridized carbons (Fsp3) is 0.133. The van der Waals surface area contributed by atoms with E-state index in [-0.39, 0.29) is 10.7 Å². The summed E-state index contributed by atoms with van der Waals surface area (Å²) in [4.78, 5) is 12.1. The van der Waals surface area contributed by atoms with Crippen LogP contribution in [-0.4, -0.2) is 27.1 Å². The van der Waals surface area contributed by atoms with E-state index in [1.54, 1.807) is 12.1 Å². The molecule has 0 saturated carbocycles. The van der Waals surface area contributed by atoms with Gasteiger partial charge in [0.2, 0.25) is 15.9 Å². The molecule has 0 aromatic heterocycles. The molecule has 0 unspecified atom stereocenters. The Labute approximate surface area is 138 Å². The number of halogens is 2. The minimum Gasteiger partial charge on any atom is -0.325 e. The molecule has 0 heterocycles. The molecule has 0 aliphatic carbocycles. The maximum atomic E-state index is 12.8. The van der Waals surface area contributed by atoms with Crippen LogP contribution in [0.3, 0.4) is 0 Å². The van der Waals surface area contributed by atoms with Gasteiger partial charge in [0.25, 0.3) is 0 Å².